The predicted octanol–water partition coefficient (Wildman–Crippen LogP) is 1.27. The van der Waals surface area contributed by atoms with Gasteiger partial charge in [0.05, 0.1) is 7.11 Å². The Bertz CT molecular complexity index is 407. The zero-order valence-electron chi connectivity index (χ0n) is 11.8. The number of hydrogen-bond acceptors (Lipinski definition) is 5. The van der Waals surface area contributed by atoms with Crippen LogP contribution in [0.3, 0.4) is 0 Å². The molecule has 0 aliphatic heterocycles. The molecule has 0 saturated heterocycles. The lowest BCUT2D eigenvalue weighted by Crippen LogP contribution is -2.52. The maximum Gasteiger partial charge on any atom is 0.436 e. The summed E-state index contributed by atoms with van der Waals surface area (Å²) in [6, 6.07) is 0. The molecule has 8 nitrogen and oxygen atoms in total. The summed E-state index contributed by atoms with van der Waals surface area (Å²) < 4.78 is 20.9. The van der Waals surface area contributed by atoms with Gasteiger partial charge in [0, 0.05) is 0 Å². The molecule has 0 aromatic heterocycles. The van der Waals surface area contributed by atoms with E-state index in [0.29, 0.717) is 0 Å². The number of carbonyl (C=O) groups is 2. The van der Waals surface area contributed by atoms with Crippen LogP contribution in [0.25, 0.3) is 0 Å². The molecule has 0 rings (SSSR count). The summed E-state index contributed by atoms with van der Waals surface area (Å²) in [5.41, 5.74) is -2.83. The molecule has 19 heavy (non-hydrogen) atoms. The Morgan fingerprint density at radius 2 is 1.53 bits per heavy atom. The number of rotatable bonds is 3. The molecule has 9 heteroatoms. The van der Waals surface area contributed by atoms with Gasteiger partial charge in [-0.05, 0) is 34.6 Å². The second-order valence-corrected chi connectivity index (χ2v) is 6.78. The van der Waals surface area contributed by atoms with Gasteiger partial charge < -0.3 is 19.3 Å². The molecule has 0 unspecified atom stereocenters. The van der Waals surface area contributed by atoms with Gasteiger partial charge >= 0.3 is 19.8 Å². The SMILES string of the molecule is COC(=O)C(C)(C)N(C(=O)OC(C)(C)C)P(=O)(O)O. The number of ether oxygens (including phenoxy) is 2. The Kier molecular flexibility index (Phi) is 5.16. The van der Waals surface area contributed by atoms with Crippen molar-refractivity contribution in [1.29, 1.82) is 0 Å². The van der Waals surface area contributed by atoms with E-state index >= 15 is 0 Å². The Morgan fingerprint density at radius 1 is 1.11 bits per heavy atom. The molecule has 112 valence electrons. The lowest BCUT2D eigenvalue weighted by atomic mass is 10.1. The topological polar surface area (TPSA) is 113 Å². The average molecular weight is 297 g/mol. The number of hydrogen-bond donors (Lipinski definition) is 2. The second-order valence-electron chi connectivity index (χ2n) is 5.36. The molecule has 0 aliphatic rings. The van der Waals surface area contributed by atoms with E-state index in [-0.39, 0.29) is 4.67 Å². The van der Waals surface area contributed by atoms with Crippen LogP contribution in [0.5, 0.6) is 0 Å². The first kappa shape index (κ1) is 17.9. The van der Waals surface area contributed by atoms with E-state index in [1.54, 1.807) is 0 Å². The van der Waals surface area contributed by atoms with Gasteiger partial charge in [0.1, 0.15) is 11.1 Å². The van der Waals surface area contributed by atoms with Crippen molar-refractivity contribution in [3.63, 3.8) is 0 Å². The Labute approximate surface area is 111 Å². The molecule has 2 N–H and O–H groups in total. The molecule has 0 aromatic rings. The highest BCUT2D eigenvalue weighted by Gasteiger charge is 2.49. The average Bonchev–Trinajstić information content (AvgIpc) is 2.09. The summed E-state index contributed by atoms with van der Waals surface area (Å²) in [5.74, 6) is -0.971. The first-order valence-corrected chi connectivity index (χ1v) is 6.97. The van der Waals surface area contributed by atoms with Gasteiger partial charge in [-0.3, -0.25) is 0 Å². The summed E-state index contributed by atoms with van der Waals surface area (Å²) in [4.78, 5) is 42.0. The van der Waals surface area contributed by atoms with Gasteiger partial charge in [0.15, 0.2) is 0 Å². The third-order valence-electron chi connectivity index (χ3n) is 2.04. The fourth-order valence-electron chi connectivity index (χ4n) is 1.30. The minimum atomic E-state index is -5.05. The van der Waals surface area contributed by atoms with Gasteiger partial charge in [0.25, 0.3) is 0 Å². The van der Waals surface area contributed by atoms with Crippen LogP contribution >= 0.6 is 7.75 Å². The Morgan fingerprint density at radius 3 is 1.79 bits per heavy atom. The molecule has 0 atom stereocenters. The number of esters is 1. The van der Waals surface area contributed by atoms with Crippen molar-refractivity contribution in [1.82, 2.24) is 4.67 Å². The highest BCUT2D eigenvalue weighted by atomic mass is 31.2. The van der Waals surface area contributed by atoms with Crippen molar-refractivity contribution in [3.05, 3.63) is 0 Å². The van der Waals surface area contributed by atoms with Crippen LogP contribution in [-0.2, 0) is 18.8 Å². The molecule has 0 spiro atoms. The van der Waals surface area contributed by atoms with Crippen molar-refractivity contribution in [3.8, 4) is 0 Å². The molecular formula is C10H20NO7P. The number of amides is 1. The maximum atomic E-state index is 11.9. The fraction of sp³-hybridized carbons (Fsp3) is 0.800. The van der Waals surface area contributed by atoms with Crippen LogP contribution in [0, 0.1) is 0 Å². The normalized spacial score (nSPS) is 12.8. The van der Waals surface area contributed by atoms with E-state index in [9.17, 15) is 23.9 Å². The quantitative estimate of drug-likeness (QED) is 0.595. The van der Waals surface area contributed by atoms with E-state index in [1.165, 1.54) is 20.8 Å². The fourth-order valence-corrected chi connectivity index (χ4v) is 2.29. The van der Waals surface area contributed by atoms with Crippen molar-refractivity contribution in [2.75, 3.05) is 7.11 Å². The first-order chi connectivity index (χ1) is 8.23. The van der Waals surface area contributed by atoms with Gasteiger partial charge in [0.2, 0.25) is 0 Å². The largest absolute Gasteiger partial charge is 0.467 e. The molecule has 0 saturated carbocycles. The minimum absolute atomic E-state index is 0.0804. The van der Waals surface area contributed by atoms with Crippen LogP contribution in [0.4, 0.5) is 4.79 Å². The predicted molar refractivity (Wildman–Crippen MR) is 66.2 cm³/mol. The summed E-state index contributed by atoms with van der Waals surface area (Å²) in [6.07, 6.45) is -1.30. The van der Waals surface area contributed by atoms with E-state index in [2.05, 4.69) is 4.74 Å². The number of nitrogens with zero attached hydrogens (tertiary/aromatic N) is 1. The van der Waals surface area contributed by atoms with Crippen LogP contribution in [0.15, 0.2) is 0 Å². The summed E-state index contributed by atoms with van der Waals surface area (Å²) in [5, 5.41) is 0. The zero-order valence-corrected chi connectivity index (χ0v) is 12.7. The molecule has 0 fully saturated rings. The summed E-state index contributed by atoms with van der Waals surface area (Å²) >= 11 is 0. The van der Waals surface area contributed by atoms with Crippen LogP contribution in [0.1, 0.15) is 34.6 Å². The highest BCUT2D eigenvalue weighted by Crippen LogP contribution is 2.46. The Hall–Kier alpha value is -1.11. The van der Waals surface area contributed by atoms with Crippen LogP contribution < -0.4 is 0 Å². The summed E-state index contributed by atoms with van der Waals surface area (Å²) in [6.45, 7) is 6.92. The third kappa shape index (κ3) is 4.81. The summed E-state index contributed by atoms with van der Waals surface area (Å²) in [7, 11) is -4.00. The van der Waals surface area contributed by atoms with E-state index in [1.807, 2.05) is 0 Å². The Balaban J connectivity index is 5.55. The minimum Gasteiger partial charge on any atom is -0.467 e. The standard InChI is InChI=1S/C10H20NO7P/c1-9(2,3)18-8(13)11(19(14,15)16)10(4,5)7(12)17-6/h1-6H3,(H2,14,15,16). The van der Waals surface area contributed by atoms with Crippen molar-refractivity contribution in [2.45, 2.75) is 45.8 Å². The highest BCUT2D eigenvalue weighted by molar-refractivity contribution is 7.50. The van der Waals surface area contributed by atoms with Gasteiger partial charge in [-0.25, -0.2) is 14.2 Å². The molecule has 0 aromatic carbocycles. The molecule has 0 bridgehead atoms. The third-order valence-corrected chi connectivity index (χ3v) is 3.23. The molecule has 0 radical (unpaired) electrons. The van der Waals surface area contributed by atoms with Crippen LogP contribution in [0.2, 0.25) is 0 Å². The first-order valence-electron chi connectivity index (χ1n) is 5.41. The maximum absolute atomic E-state index is 11.9. The second kappa shape index (κ2) is 5.48. The lowest BCUT2D eigenvalue weighted by Gasteiger charge is -2.36. The van der Waals surface area contributed by atoms with E-state index in [0.717, 1.165) is 21.0 Å². The molecule has 0 heterocycles. The van der Waals surface area contributed by atoms with Crippen molar-refractivity contribution in [2.24, 2.45) is 0 Å². The number of carbonyl (C=O) groups excluding carboxylic acids is 2. The van der Waals surface area contributed by atoms with Gasteiger partial charge in [-0.1, -0.05) is 0 Å². The number of methoxy groups -OCH3 is 1. The monoisotopic (exact) mass is 297 g/mol. The zero-order chi connectivity index (χ0) is 15.6. The van der Waals surface area contributed by atoms with Gasteiger partial charge in [-0.2, -0.15) is 4.67 Å². The van der Waals surface area contributed by atoms with Crippen molar-refractivity contribution >= 4 is 19.8 Å². The smallest absolute Gasteiger partial charge is 0.436 e. The van der Waals surface area contributed by atoms with Crippen LogP contribution in [-0.4, -0.2) is 44.8 Å². The molecule has 0 aliphatic carbocycles. The van der Waals surface area contributed by atoms with E-state index in [4.69, 9.17) is 4.74 Å². The molecule has 1 amide bonds. The van der Waals surface area contributed by atoms with Gasteiger partial charge in [-0.15, -0.1) is 0 Å². The van der Waals surface area contributed by atoms with E-state index < -0.39 is 30.9 Å². The molecular weight excluding hydrogens is 277 g/mol. The lowest BCUT2D eigenvalue weighted by molar-refractivity contribution is -0.150. The van der Waals surface area contributed by atoms with Crippen molar-refractivity contribution < 1.29 is 33.4 Å².